The number of thiazole rings is 1. The van der Waals surface area contributed by atoms with Crippen molar-refractivity contribution >= 4 is 28.3 Å². The molecule has 1 heterocycles. The van der Waals surface area contributed by atoms with Gasteiger partial charge in [-0.25, -0.2) is 4.98 Å². The molecule has 128 valence electrons. The first kappa shape index (κ1) is 17.9. The molecule has 2 amide bonds. The second kappa shape index (κ2) is 7.44. The molecule has 0 spiro atoms. The van der Waals surface area contributed by atoms with Crippen molar-refractivity contribution in [3.05, 3.63) is 41.4 Å². The maximum atomic E-state index is 13.0. The van der Waals surface area contributed by atoms with Gasteiger partial charge >= 0.3 is 0 Å². The van der Waals surface area contributed by atoms with Crippen molar-refractivity contribution in [2.45, 2.75) is 26.3 Å². The number of para-hydroxylation sites is 1. The van der Waals surface area contributed by atoms with E-state index in [1.807, 2.05) is 20.8 Å². The topological polar surface area (TPSA) is 71.5 Å². The van der Waals surface area contributed by atoms with Crippen molar-refractivity contribution in [2.24, 2.45) is 0 Å². The van der Waals surface area contributed by atoms with E-state index in [4.69, 9.17) is 4.74 Å². The molecule has 1 N–H and O–H groups in total. The van der Waals surface area contributed by atoms with Gasteiger partial charge in [0.2, 0.25) is 5.91 Å². The van der Waals surface area contributed by atoms with Gasteiger partial charge in [0, 0.05) is 17.1 Å². The number of hydrogen-bond acceptors (Lipinski definition) is 5. The van der Waals surface area contributed by atoms with Gasteiger partial charge in [0.1, 0.15) is 12.3 Å². The highest BCUT2D eigenvalue weighted by Crippen LogP contribution is 2.24. The highest BCUT2D eigenvalue weighted by Gasteiger charge is 2.30. The first-order valence-electron chi connectivity index (χ1n) is 7.47. The van der Waals surface area contributed by atoms with Crippen molar-refractivity contribution in [1.29, 1.82) is 0 Å². The molecule has 0 atom stereocenters. The molecule has 0 unspecified atom stereocenters. The fourth-order valence-electron chi connectivity index (χ4n) is 2.17. The lowest BCUT2D eigenvalue weighted by Gasteiger charge is -2.35. The Morgan fingerprint density at radius 2 is 2.00 bits per heavy atom. The molecule has 6 nitrogen and oxygen atoms in total. The van der Waals surface area contributed by atoms with Crippen LogP contribution in [0.1, 0.15) is 31.1 Å². The Morgan fingerprint density at radius 1 is 1.29 bits per heavy atom. The summed E-state index contributed by atoms with van der Waals surface area (Å²) in [5.41, 5.74) is -0.102. The SMILES string of the molecule is COc1ccccc1C(=O)N(CC(=O)Nc1nccs1)C(C)(C)C. The summed E-state index contributed by atoms with van der Waals surface area (Å²) >= 11 is 1.33. The van der Waals surface area contributed by atoms with Crippen molar-refractivity contribution in [1.82, 2.24) is 9.88 Å². The monoisotopic (exact) mass is 347 g/mol. The van der Waals surface area contributed by atoms with E-state index in [-0.39, 0.29) is 18.4 Å². The zero-order valence-electron chi connectivity index (χ0n) is 14.2. The first-order chi connectivity index (χ1) is 11.3. The highest BCUT2D eigenvalue weighted by atomic mass is 32.1. The minimum absolute atomic E-state index is 0.0695. The molecule has 0 fully saturated rings. The molecule has 0 aliphatic heterocycles. The molecular weight excluding hydrogens is 326 g/mol. The molecule has 0 aliphatic carbocycles. The van der Waals surface area contributed by atoms with Crippen LogP contribution < -0.4 is 10.1 Å². The maximum Gasteiger partial charge on any atom is 0.258 e. The van der Waals surface area contributed by atoms with Crippen LogP contribution in [-0.2, 0) is 4.79 Å². The normalized spacial score (nSPS) is 11.0. The molecule has 0 saturated heterocycles. The van der Waals surface area contributed by atoms with Gasteiger partial charge in [-0.2, -0.15) is 0 Å². The van der Waals surface area contributed by atoms with Crippen LogP contribution in [0, 0.1) is 0 Å². The van der Waals surface area contributed by atoms with Crippen LogP contribution in [0.4, 0.5) is 5.13 Å². The number of carbonyl (C=O) groups excluding carboxylic acids is 2. The minimum Gasteiger partial charge on any atom is -0.496 e. The number of anilines is 1. The number of amides is 2. The van der Waals surface area contributed by atoms with E-state index in [1.165, 1.54) is 23.3 Å². The van der Waals surface area contributed by atoms with Gasteiger partial charge < -0.3 is 15.0 Å². The average molecular weight is 347 g/mol. The Balaban J connectivity index is 2.22. The van der Waals surface area contributed by atoms with Gasteiger partial charge in [-0.05, 0) is 32.9 Å². The van der Waals surface area contributed by atoms with E-state index in [9.17, 15) is 9.59 Å². The second-order valence-corrected chi connectivity index (χ2v) is 7.04. The fourth-order valence-corrected chi connectivity index (χ4v) is 2.71. The standard InChI is InChI=1S/C17H21N3O3S/c1-17(2,3)20(11-14(21)19-16-18-9-10-24-16)15(22)12-7-5-6-8-13(12)23-4/h5-10H,11H2,1-4H3,(H,18,19,21). The Kier molecular flexibility index (Phi) is 5.56. The number of aromatic nitrogens is 1. The molecule has 2 rings (SSSR count). The van der Waals surface area contributed by atoms with Gasteiger partial charge in [-0.1, -0.05) is 12.1 Å². The van der Waals surface area contributed by atoms with E-state index in [2.05, 4.69) is 10.3 Å². The third-order valence-corrected chi connectivity index (χ3v) is 4.06. The molecule has 0 bridgehead atoms. The molecule has 7 heteroatoms. The van der Waals surface area contributed by atoms with Crippen LogP contribution >= 0.6 is 11.3 Å². The van der Waals surface area contributed by atoms with Crippen molar-refractivity contribution in [3.63, 3.8) is 0 Å². The van der Waals surface area contributed by atoms with Crippen LogP contribution in [0.3, 0.4) is 0 Å². The zero-order chi connectivity index (χ0) is 17.7. The predicted molar refractivity (Wildman–Crippen MR) is 94.5 cm³/mol. The lowest BCUT2D eigenvalue weighted by molar-refractivity contribution is -0.117. The van der Waals surface area contributed by atoms with Gasteiger partial charge in [0.25, 0.3) is 5.91 Å². The van der Waals surface area contributed by atoms with E-state index < -0.39 is 5.54 Å². The third kappa shape index (κ3) is 4.32. The van der Waals surface area contributed by atoms with Crippen LogP contribution in [0.5, 0.6) is 5.75 Å². The van der Waals surface area contributed by atoms with E-state index in [0.29, 0.717) is 16.4 Å². The van der Waals surface area contributed by atoms with Crippen molar-refractivity contribution < 1.29 is 14.3 Å². The number of carbonyl (C=O) groups is 2. The summed E-state index contributed by atoms with van der Waals surface area (Å²) in [5.74, 6) is -0.0607. The third-order valence-electron chi connectivity index (χ3n) is 3.37. The Labute approximate surface area is 145 Å². The summed E-state index contributed by atoms with van der Waals surface area (Å²) in [6.45, 7) is 5.59. The summed E-state index contributed by atoms with van der Waals surface area (Å²) in [4.78, 5) is 30.8. The number of ether oxygens (including phenoxy) is 1. The number of rotatable bonds is 5. The summed E-state index contributed by atoms with van der Waals surface area (Å²) in [5, 5.41) is 4.99. The zero-order valence-corrected chi connectivity index (χ0v) is 15.0. The van der Waals surface area contributed by atoms with E-state index in [1.54, 1.807) is 35.8 Å². The van der Waals surface area contributed by atoms with E-state index >= 15 is 0 Å². The molecule has 1 aromatic heterocycles. The Bertz CT molecular complexity index is 708. The average Bonchev–Trinajstić information content (AvgIpc) is 3.03. The van der Waals surface area contributed by atoms with Gasteiger partial charge in [-0.3, -0.25) is 9.59 Å². The van der Waals surface area contributed by atoms with Crippen LogP contribution in [-0.4, -0.2) is 40.9 Å². The lowest BCUT2D eigenvalue weighted by atomic mass is 10.0. The number of methoxy groups -OCH3 is 1. The quantitative estimate of drug-likeness (QED) is 0.902. The van der Waals surface area contributed by atoms with Crippen LogP contribution in [0.25, 0.3) is 0 Å². The number of benzene rings is 1. The number of hydrogen-bond donors (Lipinski definition) is 1. The van der Waals surface area contributed by atoms with Gasteiger partial charge in [-0.15, -0.1) is 11.3 Å². The Morgan fingerprint density at radius 3 is 2.58 bits per heavy atom. The summed E-state index contributed by atoms with van der Waals surface area (Å²) < 4.78 is 5.26. The molecule has 1 aromatic carbocycles. The molecular formula is C17H21N3O3S. The molecule has 24 heavy (non-hydrogen) atoms. The summed E-state index contributed by atoms with van der Waals surface area (Å²) in [6.07, 6.45) is 1.61. The second-order valence-electron chi connectivity index (χ2n) is 6.15. The van der Waals surface area contributed by atoms with Gasteiger partial charge in [0.15, 0.2) is 5.13 Å². The number of nitrogens with one attached hydrogen (secondary N) is 1. The fraction of sp³-hybridized carbons (Fsp3) is 0.353. The summed E-state index contributed by atoms with van der Waals surface area (Å²) in [7, 11) is 1.52. The van der Waals surface area contributed by atoms with Crippen LogP contribution in [0.2, 0.25) is 0 Å². The van der Waals surface area contributed by atoms with Crippen LogP contribution in [0.15, 0.2) is 35.8 Å². The van der Waals surface area contributed by atoms with Crippen molar-refractivity contribution in [3.8, 4) is 5.75 Å². The van der Waals surface area contributed by atoms with E-state index in [0.717, 1.165) is 0 Å². The van der Waals surface area contributed by atoms with Gasteiger partial charge in [0.05, 0.1) is 12.7 Å². The molecule has 0 aliphatic rings. The smallest absolute Gasteiger partial charge is 0.258 e. The maximum absolute atomic E-state index is 13.0. The van der Waals surface area contributed by atoms with Crippen molar-refractivity contribution in [2.75, 3.05) is 19.0 Å². The molecule has 0 saturated carbocycles. The lowest BCUT2D eigenvalue weighted by Crippen LogP contribution is -2.49. The Hall–Kier alpha value is -2.41. The minimum atomic E-state index is -0.530. The largest absolute Gasteiger partial charge is 0.496 e. The highest BCUT2D eigenvalue weighted by molar-refractivity contribution is 7.13. The molecule has 0 radical (unpaired) electrons. The molecule has 2 aromatic rings. The predicted octanol–water partition coefficient (Wildman–Crippen LogP) is 3.03. The number of nitrogens with zero attached hydrogens (tertiary/aromatic N) is 2. The summed E-state index contributed by atoms with van der Waals surface area (Å²) in [6, 6.07) is 6.99. The first-order valence-corrected chi connectivity index (χ1v) is 8.35.